The molecule has 0 bridgehead atoms. The molecule has 1 fully saturated rings. The Hall–Kier alpha value is -2.72. The van der Waals surface area contributed by atoms with Gasteiger partial charge >= 0.3 is 6.03 Å². The summed E-state index contributed by atoms with van der Waals surface area (Å²) in [6.07, 6.45) is 2.46. The molecule has 2 heterocycles. The zero-order valence-electron chi connectivity index (χ0n) is 16.9. The number of carbonyl (C=O) groups is 1. The number of halogens is 1. The van der Waals surface area contributed by atoms with Crippen molar-refractivity contribution >= 4 is 27.4 Å². The molecule has 0 spiro atoms. The van der Waals surface area contributed by atoms with Gasteiger partial charge in [0.1, 0.15) is 17.7 Å². The molecule has 1 aromatic heterocycles. The average molecular weight is 437 g/mol. The number of amides is 2. The minimum atomic E-state index is -3.30. The van der Waals surface area contributed by atoms with Gasteiger partial charge in [-0.25, -0.2) is 17.6 Å². The lowest BCUT2D eigenvalue weighted by Gasteiger charge is -2.32. The number of rotatable bonds is 6. The molecule has 2 amide bonds. The number of nitrogens with zero attached hydrogens (tertiary/aromatic N) is 2. The van der Waals surface area contributed by atoms with Gasteiger partial charge < -0.3 is 15.4 Å². The van der Waals surface area contributed by atoms with Gasteiger partial charge in [-0.05, 0) is 44.9 Å². The van der Waals surface area contributed by atoms with Crippen molar-refractivity contribution in [3.05, 3.63) is 48.0 Å². The van der Waals surface area contributed by atoms with Crippen LogP contribution >= 0.6 is 0 Å². The maximum absolute atomic E-state index is 14.1. The number of piperidine rings is 1. The lowest BCUT2D eigenvalue weighted by atomic mass is 10.1. The fourth-order valence-electron chi connectivity index (χ4n) is 3.17. The molecule has 1 saturated heterocycles. The molecular weight excluding hydrogens is 411 g/mol. The summed E-state index contributed by atoms with van der Waals surface area (Å²) < 4.78 is 45.5. The van der Waals surface area contributed by atoms with Crippen LogP contribution in [0.3, 0.4) is 0 Å². The molecule has 2 aromatic rings. The number of nitrogens with one attached hydrogen (secondary N) is 2. The number of hydrogen-bond donors (Lipinski definition) is 2. The van der Waals surface area contributed by atoms with Crippen molar-refractivity contribution in [3.8, 4) is 5.75 Å². The third kappa shape index (κ3) is 5.90. The van der Waals surface area contributed by atoms with Gasteiger partial charge in [0.2, 0.25) is 10.0 Å². The molecule has 1 aliphatic heterocycles. The maximum Gasteiger partial charge on any atom is 0.323 e. The number of hydrogen-bond acceptors (Lipinski definition) is 5. The van der Waals surface area contributed by atoms with E-state index in [1.54, 1.807) is 19.1 Å². The van der Waals surface area contributed by atoms with E-state index in [1.165, 1.54) is 28.7 Å². The lowest BCUT2D eigenvalue weighted by molar-refractivity contribution is 0.129. The summed E-state index contributed by atoms with van der Waals surface area (Å²) in [6, 6.07) is 6.81. The molecule has 1 aromatic carbocycles. The summed E-state index contributed by atoms with van der Waals surface area (Å²) >= 11 is 0. The van der Waals surface area contributed by atoms with Gasteiger partial charge in [-0.3, -0.25) is 4.98 Å². The van der Waals surface area contributed by atoms with Gasteiger partial charge in [0.25, 0.3) is 0 Å². The molecule has 10 heteroatoms. The van der Waals surface area contributed by atoms with Gasteiger partial charge in [0.05, 0.1) is 24.2 Å². The Labute approximate surface area is 175 Å². The number of carbonyl (C=O) groups excluding carboxylic acids is 1. The summed E-state index contributed by atoms with van der Waals surface area (Å²) in [5.41, 5.74) is 1.54. The van der Waals surface area contributed by atoms with Crippen LogP contribution in [0.4, 0.5) is 20.6 Å². The van der Waals surface area contributed by atoms with Gasteiger partial charge in [-0.15, -0.1) is 0 Å². The molecule has 8 nitrogen and oxygen atoms in total. The second-order valence-electron chi connectivity index (χ2n) is 7.08. The minimum absolute atomic E-state index is 0.0272. The molecule has 0 unspecified atom stereocenters. The van der Waals surface area contributed by atoms with Gasteiger partial charge in [-0.1, -0.05) is 0 Å². The molecule has 30 heavy (non-hydrogen) atoms. The largest absolute Gasteiger partial charge is 0.489 e. The fraction of sp³-hybridized carbons (Fsp3) is 0.400. The predicted octanol–water partition coefficient (Wildman–Crippen LogP) is 3.37. The van der Waals surface area contributed by atoms with E-state index in [9.17, 15) is 17.6 Å². The first-order valence-corrected chi connectivity index (χ1v) is 11.3. The van der Waals surface area contributed by atoms with E-state index in [4.69, 9.17) is 4.74 Å². The number of aryl methyl sites for hydroxylation is 1. The second kappa shape index (κ2) is 9.40. The molecule has 2 N–H and O–H groups in total. The Morgan fingerprint density at radius 3 is 2.73 bits per heavy atom. The van der Waals surface area contributed by atoms with Crippen LogP contribution in [-0.2, 0) is 10.0 Å². The van der Waals surface area contributed by atoms with E-state index in [2.05, 4.69) is 15.6 Å². The van der Waals surface area contributed by atoms with Crippen molar-refractivity contribution in [2.45, 2.75) is 32.8 Å². The highest BCUT2D eigenvalue weighted by atomic mass is 32.2. The highest BCUT2D eigenvalue weighted by molar-refractivity contribution is 7.89. The summed E-state index contributed by atoms with van der Waals surface area (Å²) in [4.78, 5) is 16.3. The monoisotopic (exact) mass is 436 g/mol. The first-order chi connectivity index (χ1) is 14.2. The molecule has 162 valence electrons. The Morgan fingerprint density at radius 2 is 2.03 bits per heavy atom. The van der Waals surface area contributed by atoms with E-state index in [1.807, 2.05) is 6.92 Å². The molecule has 0 radical (unpaired) electrons. The number of urea groups is 1. The molecular formula is C20H25FN4O4S. The molecule has 0 aliphatic carbocycles. The number of sulfonamides is 1. The van der Waals surface area contributed by atoms with E-state index >= 15 is 0 Å². The van der Waals surface area contributed by atoms with Crippen LogP contribution in [-0.4, -0.2) is 48.7 Å². The SMILES string of the molecule is CCS(=O)(=O)N1CCC[C@H](Oc2cc(F)cc(NC(=O)Nc3ccc(C)nc3)c2)C1. The molecule has 0 saturated carbocycles. The van der Waals surface area contributed by atoms with Crippen molar-refractivity contribution < 1.29 is 22.3 Å². The standard InChI is InChI=1S/C20H25FN4O4S/c1-3-30(27,28)25-8-4-5-18(13-25)29-19-10-15(21)9-17(11-19)24-20(26)23-16-7-6-14(2)22-12-16/h6-7,9-12,18H,3-5,8,13H2,1-2H3,(H2,23,24,26)/t18-/m0/s1. The van der Waals surface area contributed by atoms with Crippen molar-refractivity contribution in [1.82, 2.24) is 9.29 Å². The summed E-state index contributed by atoms with van der Waals surface area (Å²) in [7, 11) is -3.30. The number of anilines is 2. The predicted molar refractivity (Wildman–Crippen MR) is 113 cm³/mol. The first-order valence-electron chi connectivity index (χ1n) is 9.71. The second-order valence-corrected chi connectivity index (χ2v) is 9.34. The molecule has 3 rings (SSSR count). The highest BCUT2D eigenvalue weighted by Gasteiger charge is 2.28. The van der Waals surface area contributed by atoms with E-state index in [0.717, 1.165) is 5.69 Å². The number of ether oxygens (including phenoxy) is 1. The first kappa shape index (κ1) is 22.0. The number of benzene rings is 1. The van der Waals surface area contributed by atoms with Crippen molar-refractivity contribution in [2.75, 3.05) is 29.5 Å². The van der Waals surface area contributed by atoms with Crippen LogP contribution in [0.5, 0.6) is 5.75 Å². The minimum Gasteiger partial charge on any atom is -0.489 e. The van der Waals surface area contributed by atoms with E-state index < -0.39 is 21.9 Å². The van der Waals surface area contributed by atoms with Gasteiger partial charge in [0, 0.05) is 30.1 Å². The van der Waals surface area contributed by atoms with Gasteiger partial charge in [-0.2, -0.15) is 4.31 Å². The van der Waals surface area contributed by atoms with Crippen molar-refractivity contribution in [3.63, 3.8) is 0 Å². The normalized spacial score (nSPS) is 17.4. The lowest BCUT2D eigenvalue weighted by Crippen LogP contribution is -2.44. The Kier molecular flexibility index (Phi) is 6.88. The van der Waals surface area contributed by atoms with Crippen LogP contribution in [0.2, 0.25) is 0 Å². The summed E-state index contributed by atoms with van der Waals surface area (Å²) in [5.74, 6) is -0.323. The van der Waals surface area contributed by atoms with E-state index in [0.29, 0.717) is 25.1 Å². The van der Waals surface area contributed by atoms with Crippen molar-refractivity contribution in [2.24, 2.45) is 0 Å². The highest BCUT2D eigenvalue weighted by Crippen LogP contribution is 2.25. The number of aromatic nitrogens is 1. The quantitative estimate of drug-likeness (QED) is 0.723. The van der Waals surface area contributed by atoms with Crippen LogP contribution in [0.15, 0.2) is 36.5 Å². The zero-order chi connectivity index (χ0) is 21.7. The smallest absolute Gasteiger partial charge is 0.323 e. The van der Waals surface area contributed by atoms with E-state index in [-0.39, 0.29) is 29.8 Å². The van der Waals surface area contributed by atoms with Crippen molar-refractivity contribution in [1.29, 1.82) is 0 Å². The number of pyridine rings is 1. The van der Waals surface area contributed by atoms with Crippen LogP contribution in [0, 0.1) is 12.7 Å². The Bertz CT molecular complexity index is 998. The van der Waals surface area contributed by atoms with Gasteiger partial charge in [0.15, 0.2) is 0 Å². The maximum atomic E-state index is 14.1. The average Bonchev–Trinajstić information content (AvgIpc) is 2.69. The van der Waals surface area contributed by atoms with Crippen LogP contribution < -0.4 is 15.4 Å². The van der Waals surface area contributed by atoms with Crippen LogP contribution in [0.25, 0.3) is 0 Å². The summed E-state index contributed by atoms with van der Waals surface area (Å²) in [6.45, 7) is 4.11. The third-order valence-corrected chi connectivity index (χ3v) is 6.55. The molecule has 1 atom stereocenters. The van der Waals surface area contributed by atoms with Crippen LogP contribution in [0.1, 0.15) is 25.5 Å². The zero-order valence-corrected chi connectivity index (χ0v) is 17.7. The Balaban J connectivity index is 1.64. The summed E-state index contributed by atoms with van der Waals surface area (Å²) in [5, 5.41) is 5.18. The molecule has 1 aliphatic rings. The third-order valence-electron chi connectivity index (χ3n) is 4.70. The topological polar surface area (TPSA) is 101 Å². The fourth-order valence-corrected chi connectivity index (χ4v) is 4.33. The Morgan fingerprint density at radius 1 is 1.27 bits per heavy atom.